The maximum atomic E-state index is 12.3. The molecule has 1 heterocycles. The van der Waals surface area contributed by atoms with Crippen LogP contribution in [0.4, 0.5) is 5.69 Å². The molecule has 0 aliphatic carbocycles. The van der Waals surface area contributed by atoms with Gasteiger partial charge in [0.15, 0.2) is 0 Å². The van der Waals surface area contributed by atoms with Crippen molar-refractivity contribution < 1.29 is 4.79 Å². The lowest BCUT2D eigenvalue weighted by atomic mass is 10.2. The molecule has 0 saturated heterocycles. The molecule has 4 heteroatoms. The molecule has 0 fully saturated rings. The fourth-order valence-corrected chi connectivity index (χ4v) is 2.94. The Kier molecular flexibility index (Phi) is 3.79. The third-order valence-corrected chi connectivity index (χ3v) is 4.08. The number of nitrogens with zero attached hydrogens (tertiary/aromatic N) is 1. The average molecular weight is 294 g/mol. The van der Waals surface area contributed by atoms with Crippen LogP contribution in [0.3, 0.4) is 0 Å². The van der Waals surface area contributed by atoms with E-state index in [0.29, 0.717) is 5.69 Å². The summed E-state index contributed by atoms with van der Waals surface area (Å²) < 4.78 is 0. The fourth-order valence-electron chi connectivity index (χ4n) is 2.02. The molecule has 3 aromatic rings. The molecule has 3 rings (SSSR count). The molecule has 3 nitrogen and oxygen atoms in total. The first kappa shape index (κ1) is 13.5. The first-order chi connectivity index (χ1) is 10.2. The summed E-state index contributed by atoms with van der Waals surface area (Å²) in [6.07, 6.45) is 0. The van der Waals surface area contributed by atoms with E-state index in [-0.39, 0.29) is 5.91 Å². The van der Waals surface area contributed by atoms with Crippen LogP contribution in [0.1, 0.15) is 15.4 Å². The number of carbonyl (C=O) groups excluding carboxylic acids is 1. The number of amides is 1. The van der Waals surface area contributed by atoms with Crippen molar-refractivity contribution in [3.63, 3.8) is 0 Å². The number of rotatable bonds is 3. The Labute approximate surface area is 127 Å². The van der Waals surface area contributed by atoms with Gasteiger partial charge in [-0.1, -0.05) is 48.5 Å². The minimum absolute atomic E-state index is 0.169. The van der Waals surface area contributed by atoms with Crippen molar-refractivity contribution in [3.8, 4) is 10.6 Å². The van der Waals surface area contributed by atoms with E-state index in [0.717, 1.165) is 21.1 Å². The van der Waals surface area contributed by atoms with Crippen LogP contribution in [0, 0.1) is 6.92 Å². The zero-order chi connectivity index (χ0) is 14.7. The van der Waals surface area contributed by atoms with Gasteiger partial charge >= 0.3 is 0 Å². The summed E-state index contributed by atoms with van der Waals surface area (Å²) in [6, 6.07) is 19.3. The second kappa shape index (κ2) is 5.89. The van der Waals surface area contributed by atoms with Crippen molar-refractivity contribution >= 4 is 22.9 Å². The summed E-state index contributed by atoms with van der Waals surface area (Å²) in [5.74, 6) is -0.169. The second-order valence-electron chi connectivity index (χ2n) is 4.61. The van der Waals surface area contributed by atoms with Gasteiger partial charge in [0.25, 0.3) is 5.91 Å². The number of nitrogens with one attached hydrogen (secondary N) is 1. The van der Waals surface area contributed by atoms with E-state index < -0.39 is 0 Å². The highest BCUT2D eigenvalue weighted by molar-refractivity contribution is 7.15. The third kappa shape index (κ3) is 3.01. The van der Waals surface area contributed by atoms with Crippen LogP contribution < -0.4 is 5.32 Å². The van der Waals surface area contributed by atoms with Crippen molar-refractivity contribution in [2.24, 2.45) is 0 Å². The van der Waals surface area contributed by atoms with Crippen molar-refractivity contribution in [3.05, 3.63) is 71.2 Å². The number of benzene rings is 2. The molecule has 0 bridgehead atoms. The highest BCUT2D eigenvalue weighted by Gasteiger charge is 2.16. The van der Waals surface area contributed by atoms with Crippen molar-refractivity contribution in [1.29, 1.82) is 0 Å². The van der Waals surface area contributed by atoms with E-state index in [4.69, 9.17) is 0 Å². The maximum Gasteiger partial charge on any atom is 0.275 e. The largest absolute Gasteiger partial charge is 0.321 e. The van der Waals surface area contributed by atoms with Gasteiger partial charge in [0.2, 0.25) is 0 Å². The van der Waals surface area contributed by atoms with Crippen molar-refractivity contribution in [1.82, 2.24) is 4.98 Å². The Balaban J connectivity index is 1.86. The molecule has 0 aliphatic heterocycles. The van der Waals surface area contributed by atoms with Gasteiger partial charge in [-0.2, -0.15) is 0 Å². The molecular weight excluding hydrogens is 280 g/mol. The number of para-hydroxylation sites is 1. The smallest absolute Gasteiger partial charge is 0.275 e. The summed E-state index contributed by atoms with van der Waals surface area (Å²) in [6.45, 7) is 1.92. The minimum atomic E-state index is -0.169. The van der Waals surface area contributed by atoms with E-state index >= 15 is 0 Å². The Morgan fingerprint density at radius 2 is 1.62 bits per heavy atom. The Morgan fingerprint density at radius 3 is 2.29 bits per heavy atom. The molecule has 1 amide bonds. The lowest BCUT2D eigenvalue weighted by Crippen LogP contribution is -2.13. The third-order valence-electron chi connectivity index (χ3n) is 3.06. The summed E-state index contributed by atoms with van der Waals surface area (Å²) in [5, 5.41) is 3.74. The van der Waals surface area contributed by atoms with Crippen LogP contribution in [-0.4, -0.2) is 10.9 Å². The van der Waals surface area contributed by atoms with Crippen LogP contribution in [0.5, 0.6) is 0 Å². The summed E-state index contributed by atoms with van der Waals surface area (Å²) in [4.78, 5) is 17.7. The number of carbonyl (C=O) groups is 1. The maximum absolute atomic E-state index is 12.3. The lowest BCUT2D eigenvalue weighted by molar-refractivity contribution is 0.102. The first-order valence-electron chi connectivity index (χ1n) is 6.63. The second-order valence-corrected chi connectivity index (χ2v) is 5.81. The van der Waals surface area contributed by atoms with Crippen LogP contribution in [0.2, 0.25) is 0 Å². The minimum Gasteiger partial charge on any atom is -0.321 e. The average Bonchev–Trinajstić information content (AvgIpc) is 2.91. The molecule has 0 saturated carbocycles. The van der Waals surface area contributed by atoms with Crippen molar-refractivity contribution in [2.75, 3.05) is 5.32 Å². The molecule has 21 heavy (non-hydrogen) atoms. The Morgan fingerprint density at radius 1 is 1.00 bits per heavy atom. The van der Waals surface area contributed by atoms with E-state index in [1.165, 1.54) is 11.3 Å². The Hall–Kier alpha value is -2.46. The number of aryl methyl sites for hydroxylation is 1. The normalized spacial score (nSPS) is 10.3. The zero-order valence-electron chi connectivity index (χ0n) is 11.5. The summed E-state index contributed by atoms with van der Waals surface area (Å²) in [7, 11) is 0. The van der Waals surface area contributed by atoms with E-state index in [1.54, 1.807) is 0 Å². The van der Waals surface area contributed by atoms with Gasteiger partial charge in [-0.05, 0) is 19.1 Å². The monoisotopic (exact) mass is 294 g/mol. The number of aromatic nitrogens is 1. The zero-order valence-corrected chi connectivity index (χ0v) is 12.4. The highest BCUT2D eigenvalue weighted by Crippen LogP contribution is 2.27. The van der Waals surface area contributed by atoms with Gasteiger partial charge in [-0.3, -0.25) is 4.79 Å². The van der Waals surface area contributed by atoms with E-state index in [1.807, 2.05) is 67.6 Å². The van der Waals surface area contributed by atoms with Crippen LogP contribution in [-0.2, 0) is 0 Å². The summed E-state index contributed by atoms with van der Waals surface area (Å²) in [5.41, 5.74) is 2.29. The molecular formula is C17H14N2OS. The topological polar surface area (TPSA) is 42.0 Å². The number of hydrogen-bond acceptors (Lipinski definition) is 3. The molecule has 2 aromatic carbocycles. The molecule has 0 radical (unpaired) electrons. The number of hydrogen-bond donors (Lipinski definition) is 1. The number of anilines is 1. The predicted molar refractivity (Wildman–Crippen MR) is 86.7 cm³/mol. The molecule has 104 valence electrons. The van der Waals surface area contributed by atoms with Gasteiger partial charge in [0.05, 0.1) is 0 Å². The van der Waals surface area contributed by atoms with Gasteiger partial charge in [0.1, 0.15) is 10.7 Å². The van der Waals surface area contributed by atoms with Gasteiger partial charge < -0.3 is 5.32 Å². The molecule has 1 aromatic heterocycles. The quantitative estimate of drug-likeness (QED) is 0.779. The van der Waals surface area contributed by atoms with E-state index in [9.17, 15) is 4.79 Å². The van der Waals surface area contributed by atoms with Crippen molar-refractivity contribution in [2.45, 2.75) is 6.92 Å². The molecule has 0 atom stereocenters. The molecule has 1 N–H and O–H groups in total. The van der Waals surface area contributed by atoms with Crippen LogP contribution in [0.25, 0.3) is 10.6 Å². The van der Waals surface area contributed by atoms with Gasteiger partial charge in [-0.15, -0.1) is 11.3 Å². The van der Waals surface area contributed by atoms with E-state index in [2.05, 4.69) is 10.3 Å². The number of thiazole rings is 1. The van der Waals surface area contributed by atoms with Crippen LogP contribution in [0.15, 0.2) is 60.7 Å². The van der Waals surface area contributed by atoms with Gasteiger partial charge in [0, 0.05) is 16.1 Å². The summed E-state index contributed by atoms with van der Waals surface area (Å²) >= 11 is 1.53. The fraction of sp³-hybridized carbons (Fsp3) is 0.0588. The molecule has 0 unspecified atom stereocenters. The standard InChI is InChI=1S/C17H14N2OS/c1-12-15(16(20)18-14-10-6-3-7-11-14)19-17(21-12)13-8-4-2-5-9-13/h2-11H,1H3,(H,18,20). The SMILES string of the molecule is Cc1sc(-c2ccccc2)nc1C(=O)Nc1ccccc1. The highest BCUT2D eigenvalue weighted by atomic mass is 32.1. The molecule has 0 spiro atoms. The van der Waals surface area contributed by atoms with Gasteiger partial charge in [-0.25, -0.2) is 4.98 Å². The lowest BCUT2D eigenvalue weighted by Gasteiger charge is -2.02. The predicted octanol–water partition coefficient (Wildman–Crippen LogP) is 4.37. The molecule has 0 aliphatic rings. The van der Waals surface area contributed by atoms with Crippen LogP contribution >= 0.6 is 11.3 Å². The first-order valence-corrected chi connectivity index (χ1v) is 7.45. The Bertz CT molecular complexity index is 751.